The number of rotatable bonds is 7. The molecule has 0 fully saturated rings. The van der Waals surface area contributed by atoms with Gasteiger partial charge in [-0.2, -0.15) is 0 Å². The summed E-state index contributed by atoms with van der Waals surface area (Å²) in [7, 11) is 1.60. The second-order valence-electron chi connectivity index (χ2n) is 5.90. The molecule has 0 bridgehead atoms. The van der Waals surface area contributed by atoms with E-state index < -0.39 is 11.6 Å². The van der Waals surface area contributed by atoms with Gasteiger partial charge in [0.1, 0.15) is 23.6 Å². The first-order chi connectivity index (χ1) is 13.5. The summed E-state index contributed by atoms with van der Waals surface area (Å²) in [5.41, 5.74) is 1.53. The lowest BCUT2D eigenvalue weighted by Crippen LogP contribution is -2.26. The van der Waals surface area contributed by atoms with E-state index >= 15 is 0 Å². The van der Waals surface area contributed by atoms with Crippen molar-refractivity contribution < 1.29 is 18.3 Å². The number of hydrogen-bond donors (Lipinski definition) is 2. The summed E-state index contributed by atoms with van der Waals surface area (Å²) in [5.74, 6) is -1.21. The Hall–Kier alpha value is -3.55. The zero-order valence-corrected chi connectivity index (χ0v) is 15.1. The van der Waals surface area contributed by atoms with Crippen molar-refractivity contribution in [1.29, 1.82) is 0 Å². The van der Waals surface area contributed by atoms with Gasteiger partial charge < -0.3 is 15.4 Å². The van der Waals surface area contributed by atoms with Gasteiger partial charge in [0.15, 0.2) is 11.6 Å². The third-order valence-corrected chi connectivity index (χ3v) is 3.95. The molecule has 0 saturated heterocycles. The van der Waals surface area contributed by atoms with Crippen LogP contribution in [0.4, 0.5) is 20.3 Å². The molecule has 3 aromatic rings. The number of methoxy groups -OCH3 is 1. The number of halogens is 2. The van der Waals surface area contributed by atoms with Gasteiger partial charge in [-0.05, 0) is 36.2 Å². The molecule has 2 N–H and O–H groups in total. The van der Waals surface area contributed by atoms with Crippen LogP contribution in [-0.2, 0) is 6.42 Å². The molecule has 6 nitrogen and oxygen atoms in total. The standard InChI is InChI=1S/C20H18F2N4O2/c1-28-15-5-2-13(3-6-15)8-9-23-20(27)18-11-19(25-12-24-18)26-14-4-7-16(21)17(22)10-14/h2-7,10-12H,8-9H2,1H3,(H,23,27)(H,24,25,26). The second-order valence-corrected chi connectivity index (χ2v) is 5.90. The summed E-state index contributed by atoms with van der Waals surface area (Å²) >= 11 is 0. The maximum atomic E-state index is 13.3. The number of anilines is 2. The highest BCUT2D eigenvalue weighted by molar-refractivity contribution is 5.92. The summed E-state index contributed by atoms with van der Waals surface area (Å²) in [5, 5.41) is 5.60. The predicted octanol–water partition coefficient (Wildman–Crippen LogP) is 3.48. The molecule has 144 valence electrons. The van der Waals surface area contributed by atoms with E-state index in [0.717, 1.165) is 23.4 Å². The van der Waals surface area contributed by atoms with Gasteiger partial charge in [-0.1, -0.05) is 12.1 Å². The number of nitrogens with one attached hydrogen (secondary N) is 2. The van der Waals surface area contributed by atoms with Crippen LogP contribution in [0.15, 0.2) is 54.9 Å². The van der Waals surface area contributed by atoms with Crippen LogP contribution in [0.25, 0.3) is 0 Å². The van der Waals surface area contributed by atoms with Gasteiger partial charge in [0, 0.05) is 24.4 Å². The van der Waals surface area contributed by atoms with Gasteiger partial charge in [0.2, 0.25) is 0 Å². The molecule has 0 aliphatic rings. The molecule has 2 aromatic carbocycles. The Bertz CT molecular complexity index is 965. The average molecular weight is 384 g/mol. The highest BCUT2D eigenvalue weighted by atomic mass is 19.2. The molecule has 1 aromatic heterocycles. The van der Waals surface area contributed by atoms with Crippen LogP contribution in [0, 0.1) is 11.6 Å². The van der Waals surface area contributed by atoms with E-state index in [9.17, 15) is 13.6 Å². The van der Waals surface area contributed by atoms with Crippen molar-refractivity contribution in [2.45, 2.75) is 6.42 Å². The summed E-state index contributed by atoms with van der Waals surface area (Å²) in [6.07, 6.45) is 1.88. The van der Waals surface area contributed by atoms with Gasteiger partial charge in [0.05, 0.1) is 7.11 Å². The van der Waals surface area contributed by atoms with E-state index in [0.29, 0.717) is 24.5 Å². The van der Waals surface area contributed by atoms with Gasteiger partial charge >= 0.3 is 0 Å². The SMILES string of the molecule is COc1ccc(CCNC(=O)c2cc(Nc3ccc(F)c(F)c3)ncn2)cc1. The van der Waals surface area contributed by atoms with Crippen LogP contribution < -0.4 is 15.4 Å². The fourth-order valence-electron chi connectivity index (χ4n) is 2.47. The number of benzene rings is 2. The first kappa shape index (κ1) is 19.2. The molecular formula is C20H18F2N4O2. The molecule has 0 aliphatic carbocycles. The van der Waals surface area contributed by atoms with Crippen LogP contribution in [-0.4, -0.2) is 29.5 Å². The average Bonchev–Trinajstić information content (AvgIpc) is 2.71. The van der Waals surface area contributed by atoms with Crippen LogP contribution in [0.3, 0.4) is 0 Å². The van der Waals surface area contributed by atoms with Crippen molar-refractivity contribution in [1.82, 2.24) is 15.3 Å². The van der Waals surface area contributed by atoms with E-state index in [1.807, 2.05) is 24.3 Å². The Balaban J connectivity index is 1.57. The highest BCUT2D eigenvalue weighted by Crippen LogP contribution is 2.17. The summed E-state index contributed by atoms with van der Waals surface area (Å²) in [6, 6.07) is 12.4. The number of hydrogen-bond acceptors (Lipinski definition) is 5. The van der Waals surface area contributed by atoms with Crippen molar-refractivity contribution in [3.8, 4) is 5.75 Å². The molecule has 1 amide bonds. The monoisotopic (exact) mass is 384 g/mol. The smallest absolute Gasteiger partial charge is 0.270 e. The summed E-state index contributed by atoms with van der Waals surface area (Å²) in [4.78, 5) is 20.2. The number of aromatic nitrogens is 2. The Kier molecular flexibility index (Phi) is 6.11. The third kappa shape index (κ3) is 5.00. The van der Waals surface area contributed by atoms with E-state index in [1.54, 1.807) is 7.11 Å². The molecule has 1 heterocycles. The number of amides is 1. The number of carbonyl (C=O) groups excluding carboxylic acids is 1. The van der Waals surface area contributed by atoms with Crippen molar-refractivity contribution >= 4 is 17.4 Å². The van der Waals surface area contributed by atoms with Crippen molar-refractivity contribution in [2.24, 2.45) is 0 Å². The molecule has 28 heavy (non-hydrogen) atoms. The third-order valence-electron chi connectivity index (χ3n) is 3.95. The molecule has 0 radical (unpaired) electrons. The number of ether oxygens (including phenoxy) is 1. The van der Waals surface area contributed by atoms with Crippen LogP contribution in [0.2, 0.25) is 0 Å². The Labute approximate surface area is 160 Å². The second kappa shape index (κ2) is 8.90. The molecule has 0 aliphatic heterocycles. The largest absolute Gasteiger partial charge is 0.497 e. The molecule has 0 spiro atoms. The van der Waals surface area contributed by atoms with Crippen LogP contribution >= 0.6 is 0 Å². The maximum absolute atomic E-state index is 13.3. The zero-order valence-electron chi connectivity index (χ0n) is 15.1. The minimum atomic E-state index is -0.976. The first-order valence-corrected chi connectivity index (χ1v) is 8.50. The van der Waals surface area contributed by atoms with E-state index in [2.05, 4.69) is 20.6 Å². The van der Waals surface area contributed by atoms with Crippen molar-refractivity contribution in [2.75, 3.05) is 19.0 Å². The van der Waals surface area contributed by atoms with Crippen molar-refractivity contribution in [3.63, 3.8) is 0 Å². The molecule has 0 atom stereocenters. The lowest BCUT2D eigenvalue weighted by atomic mass is 10.1. The van der Waals surface area contributed by atoms with Gasteiger partial charge in [-0.15, -0.1) is 0 Å². The highest BCUT2D eigenvalue weighted by Gasteiger charge is 2.09. The molecule has 0 saturated carbocycles. The Morgan fingerprint density at radius 2 is 1.82 bits per heavy atom. The summed E-state index contributed by atoms with van der Waals surface area (Å²) in [6.45, 7) is 0.432. The molecule has 8 heteroatoms. The Morgan fingerprint density at radius 3 is 2.54 bits per heavy atom. The van der Waals surface area contributed by atoms with Gasteiger partial charge in [-0.3, -0.25) is 4.79 Å². The molecule has 3 rings (SSSR count). The minimum absolute atomic E-state index is 0.162. The van der Waals surface area contributed by atoms with Crippen LogP contribution in [0.5, 0.6) is 5.75 Å². The maximum Gasteiger partial charge on any atom is 0.270 e. The lowest BCUT2D eigenvalue weighted by Gasteiger charge is -2.08. The van der Waals surface area contributed by atoms with Crippen molar-refractivity contribution in [3.05, 3.63) is 77.8 Å². The topological polar surface area (TPSA) is 76.1 Å². The lowest BCUT2D eigenvalue weighted by molar-refractivity contribution is 0.0949. The fourth-order valence-corrected chi connectivity index (χ4v) is 2.47. The summed E-state index contributed by atoms with van der Waals surface area (Å²) < 4.78 is 31.4. The molecular weight excluding hydrogens is 366 g/mol. The number of nitrogens with zero attached hydrogens (tertiary/aromatic N) is 2. The van der Waals surface area contributed by atoms with E-state index in [4.69, 9.17) is 4.74 Å². The van der Waals surface area contributed by atoms with Gasteiger partial charge in [0.25, 0.3) is 5.91 Å². The number of carbonyl (C=O) groups is 1. The normalized spacial score (nSPS) is 10.4. The first-order valence-electron chi connectivity index (χ1n) is 8.50. The molecule has 0 unspecified atom stereocenters. The quantitative estimate of drug-likeness (QED) is 0.652. The van der Waals surface area contributed by atoms with E-state index in [1.165, 1.54) is 18.5 Å². The Morgan fingerprint density at radius 1 is 1.04 bits per heavy atom. The van der Waals surface area contributed by atoms with Crippen LogP contribution in [0.1, 0.15) is 16.1 Å². The van der Waals surface area contributed by atoms with E-state index in [-0.39, 0.29) is 11.6 Å². The zero-order chi connectivity index (χ0) is 19.9. The fraction of sp³-hybridized carbons (Fsp3) is 0.150. The van der Waals surface area contributed by atoms with Gasteiger partial charge in [-0.25, -0.2) is 18.7 Å². The predicted molar refractivity (Wildman–Crippen MR) is 101 cm³/mol. The minimum Gasteiger partial charge on any atom is -0.497 e.